The van der Waals surface area contributed by atoms with E-state index in [4.69, 9.17) is 10.4 Å². The fourth-order valence-corrected chi connectivity index (χ4v) is 4.84. The van der Waals surface area contributed by atoms with Crippen LogP contribution in [-0.2, 0) is 4.79 Å². The van der Waals surface area contributed by atoms with Crippen molar-refractivity contribution in [3.63, 3.8) is 0 Å². The Kier molecular flexibility index (Phi) is 7.71. The van der Waals surface area contributed by atoms with Crippen LogP contribution in [0.4, 0.5) is 0 Å². The number of likely N-dealkylation sites (tertiary alicyclic amines) is 1. The molecule has 7 heteroatoms. The molecule has 2 fully saturated rings. The maximum absolute atomic E-state index is 13.5. The third kappa shape index (κ3) is 5.83. The average Bonchev–Trinajstić information content (AvgIpc) is 2.83. The molecule has 0 bridgehead atoms. The number of rotatable bonds is 7. The van der Waals surface area contributed by atoms with Gasteiger partial charge in [0.15, 0.2) is 0 Å². The zero-order valence-electron chi connectivity index (χ0n) is 20.0. The van der Waals surface area contributed by atoms with Crippen molar-refractivity contribution < 1.29 is 14.7 Å². The number of hydrogen-bond acceptors (Lipinski definition) is 5. The number of aryl methyl sites for hydroxylation is 1. The molecule has 2 aliphatic rings. The van der Waals surface area contributed by atoms with E-state index in [2.05, 4.69) is 22.3 Å². The Morgan fingerprint density at radius 1 is 1.09 bits per heavy atom. The Bertz CT molecular complexity index is 1180. The van der Waals surface area contributed by atoms with Crippen LogP contribution in [0.5, 0.6) is 0 Å². The number of carboxylic acids is 1. The molecule has 2 aromatic carbocycles. The Labute approximate surface area is 205 Å². The second kappa shape index (κ2) is 11.1. The standard InChI is InChI=1S/C28H30N4O3/c1-19-15-26(23-3-2-4-23)24(18-31-30-12-9-27(33)34)16-25(19)28(35)32-13-10-22(11-14-32)21-7-5-20(17-29)6-8-21/h5-8,12,15-16,18,22-23H,2-4,9-11,13-14H2,1H3,(H,33,34)/b30-12+,31-18+. The Morgan fingerprint density at radius 2 is 1.80 bits per heavy atom. The predicted molar refractivity (Wildman–Crippen MR) is 135 cm³/mol. The van der Waals surface area contributed by atoms with Gasteiger partial charge in [-0.1, -0.05) is 24.6 Å². The first-order valence-corrected chi connectivity index (χ1v) is 12.2. The minimum atomic E-state index is -0.953. The van der Waals surface area contributed by atoms with Gasteiger partial charge in [0.1, 0.15) is 0 Å². The molecule has 0 radical (unpaired) electrons. The highest BCUT2D eigenvalue weighted by atomic mass is 16.4. The van der Waals surface area contributed by atoms with E-state index in [-0.39, 0.29) is 12.3 Å². The summed E-state index contributed by atoms with van der Waals surface area (Å²) in [6, 6.07) is 14.0. The van der Waals surface area contributed by atoms with Gasteiger partial charge < -0.3 is 10.0 Å². The molecular weight excluding hydrogens is 440 g/mol. The third-order valence-electron chi connectivity index (χ3n) is 7.11. The summed E-state index contributed by atoms with van der Waals surface area (Å²) in [5.74, 6) is -0.0686. The third-order valence-corrected chi connectivity index (χ3v) is 7.11. The van der Waals surface area contributed by atoms with Crippen LogP contribution < -0.4 is 0 Å². The van der Waals surface area contributed by atoms with Crippen LogP contribution in [0.2, 0.25) is 0 Å². The highest BCUT2D eigenvalue weighted by molar-refractivity contribution is 5.98. The fourth-order valence-electron chi connectivity index (χ4n) is 4.84. The van der Waals surface area contributed by atoms with Gasteiger partial charge in [0.05, 0.1) is 24.3 Å². The molecule has 1 saturated heterocycles. The van der Waals surface area contributed by atoms with Gasteiger partial charge in [-0.25, -0.2) is 0 Å². The number of aliphatic carboxylic acids is 1. The molecule has 0 unspecified atom stereocenters. The number of piperidine rings is 1. The summed E-state index contributed by atoms with van der Waals surface area (Å²) in [6.07, 6.45) is 7.96. The van der Waals surface area contributed by atoms with Gasteiger partial charge in [0.25, 0.3) is 5.91 Å². The lowest BCUT2D eigenvalue weighted by Gasteiger charge is -2.33. The smallest absolute Gasteiger partial charge is 0.308 e. The highest BCUT2D eigenvalue weighted by Crippen LogP contribution is 2.39. The molecule has 4 rings (SSSR count). The van der Waals surface area contributed by atoms with Crippen LogP contribution in [0.15, 0.2) is 46.6 Å². The SMILES string of the molecule is Cc1cc(C2CCC2)c(/C=N/N=C/CC(=O)O)cc1C(=O)N1CCC(c2ccc(C#N)cc2)CC1. The number of carbonyl (C=O) groups excluding carboxylic acids is 1. The van der Waals surface area contributed by atoms with Crippen molar-refractivity contribution in [1.82, 2.24) is 4.90 Å². The van der Waals surface area contributed by atoms with E-state index in [0.29, 0.717) is 36.1 Å². The molecule has 35 heavy (non-hydrogen) atoms. The van der Waals surface area contributed by atoms with Crippen molar-refractivity contribution in [3.05, 3.63) is 69.8 Å². The number of carbonyl (C=O) groups is 2. The minimum absolute atomic E-state index is 0.0324. The summed E-state index contributed by atoms with van der Waals surface area (Å²) in [5, 5.41) is 25.6. The van der Waals surface area contributed by atoms with Crippen molar-refractivity contribution in [1.29, 1.82) is 5.26 Å². The summed E-state index contributed by atoms with van der Waals surface area (Å²) in [6.45, 7) is 3.37. The van der Waals surface area contributed by atoms with E-state index in [1.54, 1.807) is 6.21 Å². The quantitative estimate of drug-likeness (QED) is 0.452. The molecule has 180 valence electrons. The Hall–Kier alpha value is -3.79. The highest BCUT2D eigenvalue weighted by Gasteiger charge is 2.28. The number of amides is 1. The zero-order chi connectivity index (χ0) is 24.8. The lowest BCUT2D eigenvalue weighted by Crippen LogP contribution is -2.38. The molecule has 1 heterocycles. The monoisotopic (exact) mass is 470 g/mol. The summed E-state index contributed by atoms with van der Waals surface area (Å²) >= 11 is 0. The Balaban J connectivity index is 1.48. The van der Waals surface area contributed by atoms with Gasteiger partial charge >= 0.3 is 5.97 Å². The second-order valence-electron chi connectivity index (χ2n) is 9.36. The van der Waals surface area contributed by atoms with Gasteiger partial charge in [-0.15, -0.1) is 0 Å². The van der Waals surface area contributed by atoms with Crippen molar-refractivity contribution in [3.8, 4) is 6.07 Å². The average molecular weight is 471 g/mol. The molecule has 1 saturated carbocycles. The molecule has 1 amide bonds. The van der Waals surface area contributed by atoms with Crippen molar-refractivity contribution in [2.75, 3.05) is 13.1 Å². The molecule has 0 atom stereocenters. The molecule has 7 nitrogen and oxygen atoms in total. The Morgan fingerprint density at radius 3 is 2.40 bits per heavy atom. The van der Waals surface area contributed by atoms with Crippen LogP contribution in [0.25, 0.3) is 0 Å². The number of nitrogens with zero attached hydrogens (tertiary/aromatic N) is 4. The first-order chi connectivity index (χ1) is 17.0. The summed E-state index contributed by atoms with van der Waals surface area (Å²) in [5.41, 5.74) is 5.59. The van der Waals surface area contributed by atoms with Crippen LogP contribution in [-0.4, -0.2) is 47.4 Å². The number of carboxylic acid groups (broad SMARTS) is 1. The van der Waals surface area contributed by atoms with Crippen LogP contribution >= 0.6 is 0 Å². The maximum atomic E-state index is 13.5. The summed E-state index contributed by atoms with van der Waals surface area (Å²) in [4.78, 5) is 26.1. The molecule has 0 spiro atoms. The largest absolute Gasteiger partial charge is 0.481 e. The second-order valence-corrected chi connectivity index (χ2v) is 9.36. The van der Waals surface area contributed by atoms with E-state index in [0.717, 1.165) is 36.8 Å². The number of nitriles is 1. The molecule has 1 aliphatic carbocycles. The van der Waals surface area contributed by atoms with E-state index in [9.17, 15) is 9.59 Å². The summed E-state index contributed by atoms with van der Waals surface area (Å²) < 4.78 is 0. The molecule has 2 aromatic rings. The van der Waals surface area contributed by atoms with Gasteiger partial charge in [0, 0.05) is 24.9 Å². The molecule has 1 aliphatic heterocycles. The van der Waals surface area contributed by atoms with Crippen LogP contribution in [0.3, 0.4) is 0 Å². The fraction of sp³-hybridized carbons (Fsp3) is 0.393. The topological polar surface area (TPSA) is 106 Å². The minimum Gasteiger partial charge on any atom is -0.481 e. The lowest BCUT2D eigenvalue weighted by molar-refractivity contribution is -0.135. The molecule has 1 N–H and O–H groups in total. The summed E-state index contributed by atoms with van der Waals surface area (Å²) in [7, 11) is 0. The first-order valence-electron chi connectivity index (χ1n) is 12.2. The van der Waals surface area contributed by atoms with Crippen LogP contribution in [0.1, 0.15) is 88.5 Å². The van der Waals surface area contributed by atoms with E-state index in [1.807, 2.05) is 42.2 Å². The van der Waals surface area contributed by atoms with E-state index in [1.165, 1.54) is 23.8 Å². The lowest BCUT2D eigenvalue weighted by atomic mass is 9.77. The van der Waals surface area contributed by atoms with Crippen molar-refractivity contribution >= 4 is 24.3 Å². The van der Waals surface area contributed by atoms with Gasteiger partial charge in [-0.05, 0) is 84.9 Å². The normalized spacial score (nSPS) is 17.0. The molecular formula is C28H30N4O3. The van der Waals surface area contributed by atoms with Gasteiger partial charge in [-0.2, -0.15) is 15.5 Å². The van der Waals surface area contributed by atoms with Crippen molar-refractivity contribution in [2.24, 2.45) is 10.2 Å². The number of benzene rings is 2. The van der Waals surface area contributed by atoms with Crippen molar-refractivity contribution in [2.45, 2.75) is 57.3 Å². The maximum Gasteiger partial charge on any atom is 0.308 e. The molecule has 0 aromatic heterocycles. The van der Waals surface area contributed by atoms with Gasteiger partial charge in [-0.3, -0.25) is 9.59 Å². The van der Waals surface area contributed by atoms with Crippen LogP contribution in [0, 0.1) is 18.3 Å². The zero-order valence-corrected chi connectivity index (χ0v) is 20.0. The van der Waals surface area contributed by atoms with E-state index < -0.39 is 5.97 Å². The number of hydrogen-bond donors (Lipinski definition) is 1. The first kappa shape index (κ1) is 24.3. The van der Waals surface area contributed by atoms with E-state index >= 15 is 0 Å². The predicted octanol–water partition coefficient (Wildman–Crippen LogP) is 5.03. The van der Waals surface area contributed by atoms with Gasteiger partial charge in [0.2, 0.25) is 0 Å².